The van der Waals surface area contributed by atoms with E-state index in [4.69, 9.17) is 0 Å². The maximum absolute atomic E-state index is 12.0. The van der Waals surface area contributed by atoms with E-state index >= 15 is 0 Å². The highest BCUT2D eigenvalue weighted by molar-refractivity contribution is 7.09. The fourth-order valence-corrected chi connectivity index (χ4v) is 3.76. The summed E-state index contributed by atoms with van der Waals surface area (Å²) in [6.45, 7) is 6.25. The van der Waals surface area contributed by atoms with E-state index in [0.29, 0.717) is 17.7 Å². The van der Waals surface area contributed by atoms with Crippen molar-refractivity contribution in [2.24, 2.45) is 11.8 Å². The van der Waals surface area contributed by atoms with Gasteiger partial charge in [-0.25, -0.2) is 4.98 Å². The van der Waals surface area contributed by atoms with Gasteiger partial charge in [0.2, 0.25) is 5.91 Å². The van der Waals surface area contributed by atoms with Crippen LogP contribution in [-0.4, -0.2) is 47.4 Å². The number of amides is 1. The molecule has 1 aromatic rings. The van der Waals surface area contributed by atoms with Crippen molar-refractivity contribution in [2.75, 3.05) is 26.7 Å². The highest BCUT2D eigenvalue weighted by Gasteiger charge is 2.33. The van der Waals surface area contributed by atoms with Crippen LogP contribution in [-0.2, 0) is 11.3 Å². The molecule has 2 heterocycles. The fourth-order valence-electron chi connectivity index (χ4n) is 3.16. The van der Waals surface area contributed by atoms with Crippen LogP contribution in [0.5, 0.6) is 0 Å². The molecule has 21 heavy (non-hydrogen) atoms. The lowest BCUT2D eigenvalue weighted by Gasteiger charge is -2.33. The smallest absolute Gasteiger partial charge is 0.225 e. The Morgan fingerprint density at radius 3 is 2.67 bits per heavy atom. The van der Waals surface area contributed by atoms with Crippen molar-refractivity contribution >= 4 is 17.2 Å². The number of thiazole rings is 1. The summed E-state index contributed by atoms with van der Waals surface area (Å²) in [5.41, 5.74) is 1.21. The van der Waals surface area contributed by atoms with Gasteiger partial charge >= 0.3 is 0 Å². The Morgan fingerprint density at radius 2 is 2.10 bits per heavy atom. The minimum Gasteiger partial charge on any atom is -0.345 e. The molecule has 0 bridgehead atoms. The highest BCUT2D eigenvalue weighted by Crippen LogP contribution is 2.31. The van der Waals surface area contributed by atoms with Crippen LogP contribution >= 0.6 is 11.3 Å². The van der Waals surface area contributed by atoms with E-state index < -0.39 is 0 Å². The average molecular weight is 307 g/mol. The predicted molar refractivity (Wildman–Crippen MR) is 85.2 cm³/mol. The standard InChI is InChI=1S/C16H25N3OS/c1-12-17-15(11-21-12)10-19-7-5-13(6-8-19)9-18(2)16(20)14-3-4-14/h11,13-14H,3-10H2,1-2H3. The van der Waals surface area contributed by atoms with Crippen molar-refractivity contribution in [3.05, 3.63) is 16.1 Å². The zero-order valence-corrected chi connectivity index (χ0v) is 13.9. The summed E-state index contributed by atoms with van der Waals surface area (Å²) in [6.07, 6.45) is 4.61. The number of likely N-dealkylation sites (tertiary alicyclic amines) is 1. The van der Waals surface area contributed by atoms with Gasteiger partial charge in [-0.2, -0.15) is 0 Å². The predicted octanol–water partition coefficient (Wildman–Crippen LogP) is 2.53. The summed E-state index contributed by atoms with van der Waals surface area (Å²) in [5.74, 6) is 1.39. The first-order chi connectivity index (χ1) is 10.1. The largest absolute Gasteiger partial charge is 0.345 e. The van der Waals surface area contributed by atoms with Gasteiger partial charge in [0.05, 0.1) is 10.7 Å². The van der Waals surface area contributed by atoms with Crippen LogP contribution in [0.25, 0.3) is 0 Å². The summed E-state index contributed by atoms with van der Waals surface area (Å²) in [4.78, 5) is 21.0. The van der Waals surface area contributed by atoms with E-state index in [-0.39, 0.29) is 0 Å². The van der Waals surface area contributed by atoms with Crippen LogP contribution in [0.4, 0.5) is 0 Å². The number of aromatic nitrogens is 1. The maximum atomic E-state index is 12.0. The lowest BCUT2D eigenvalue weighted by molar-refractivity contribution is -0.132. The van der Waals surface area contributed by atoms with Crippen LogP contribution in [0.2, 0.25) is 0 Å². The van der Waals surface area contributed by atoms with Gasteiger partial charge in [0, 0.05) is 31.4 Å². The van der Waals surface area contributed by atoms with E-state index in [1.54, 1.807) is 11.3 Å². The average Bonchev–Trinajstić information content (AvgIpc) is 3.24. The molecule has 1 amide bonds. The van der Waals surface area contributed by atoms with Crippen LogP contribution < -0.4 is 0 Å². The van der Waals surface area contributed by atoms with Gasteiger partial charge in [-0.3, -0.25) is 9.69 Å². The van der Waals surface area contributed by atoms with Gasteiger partial charge in [0.1, 0.15) is 0 Å². The zero-order valence-electron chi connectivity index (χ0n) is 13.0. The van der Waals surface area contributed by atoms with Crippen LogP contribution in [0.1, 0.15) is 36.4 Å². The van der Waals surface area contributed by atoms with E-state index in [1.165, 1.54) is 18.5 Å². The fraction of sp³-hybridized carbons (Fsp3) is 0.750. The summed E-state index contributed by atoms with van der Waals surface area (Å²) < 4.78 is 0. The van der Waals surface area contributed by atoms with Gasteiger partial charge in [0.25, 0.3) is 0 Å². The first-order valence-corrected chi connectivity index (χ1v) is 8.88. The molecule has 5 heteroatoms. The Balaban J connectivity index is 1.41. The molecule has 1 saturated carbocycles. The van der Waals surface area contributed by atoms with E-state index in [0.717, 1.165) is 44.0 Å². The Morgan fingerprint density at radius 1 is 1.38 bits per heavy atom. The molecule has 0 N–H and O–H groups in total. The first-order valence-electron chi connectivity index (χ1n) is 8.00. The van der Waals surface area contributed by atoms with Crippen molar-refractivity contribution in [3.63, 3.8) is 0 Å². The van der Waals surface area contributed by atoms with Crippen molar-refractivity contribution in [2.45, 2.75) is 39.2 Å². The van der Waals surface area contributed by atoms with Gasteiger partial charge in [-0.05, 0) is 51.6 Å². The minimum atomic E-state index is 0.350. The summed E-state index contributed by atoms with van der Waals surface area (Å²) >= 11 is 1.73. The second kappa shape index (κ2) is 6.44. The molecule has 3 rings (SSSR count). The Labute approximate surface area is 131 Å². The second-order valence-electron chi connectivity index (χ2n) is 6.57. The molecule has 1 aromatic heterocycles. The SMILES string of the molecule is Cc1nc(CN2CCC(CN(C)C(=O)C3CC3)CC2)cs1. The third kappa shape index (κ3) is 4.04. The number of piperidine rings is 1. The topological polar surface area (TPSA) is 36.4 Å². The van der Waals surface area contributed by atoms with Gasteiger partial charge in [-0.1, -0.05) is 0 Å². The molecule has 0 unspecified atom stereocenters. The molecule has 0 aromatic carbocycles. The monoisotopic (exact) mass is 307 g/mol. The number of aryl methyl sites for hydroxylation is 1. The van der Waals surface area contributed by atoms with Crippen LogP contribution in [0, 0.1) is 18.8 Å². The highest BCUT2D eigenvalue weighted by atomic mass is 32.1. The Hall–Kier alpha value is -0.940. The van der Waals surface area contributed by atoms with Crippen molar-refractivity contribution in [3.8, 4) is 0 Å². The molecule has 116 valence electrons. The van der Waals surface area contributed by atoms with Crippen LogP contribution in [0.15, 0.2) is 5.38 Å². The molecule has 0 spiro atoms. The number of hydrogen-bond acceptors (Lipinski definition) is 4. The molecule has 1 aliphatic heterocycles. The number of nitrogens with zero attached hydrogens (tertiary/aromatic N) is 3. The van der Waals surface area contributed by atoms with Crippen LogP contribution in [0.3, 0.4) is 0 Å². The first kappa shape index (κ1) is 15.0. The maximum Gasteiger partial charge on any atom is 0.225 e. The summed E-state index contributed by atoms with van der Waals surface area (Å²) in [7, 11) is 1.98. The van der Waals surface area contributed by atoms with Gasteiger partial charge in [0.15, 0.2) is 0 Å². The van der Waals surface area contributed by atoms with E-state index in [1.807, 2.05) is 11.9 Å². The van der Waals surface area contributed by atoms with Crippen molar-refractivity contribution in [1.82, 2.24) is 14.8 Å². The van der Waals surface area contributed by atoms with E-state index in [2.05, 4.69) is 22.2 Å². The van der Waals surface area contributed by atoms with Crippen molar-refractivity contribution in [1.29, 1.82) is 0 Å². The molecule has 4 nitrogen and oxygen atoms in total. The normalized spacial score (nSPS) is 20.7. The summed E-state index contributed by atoms with van der Waals surface area (Å²) in [5, 5.41) is 3.32. The van der Waals surface area contributed by atoms with Gasteiger partial charge in [-0.15, -0.1) is 11.3 Å². The molecular weight excluding hydrogens is 282 g/mol. The second-order valence-corrected chi connectivity index (χ2v) is 7.63. The molecule has 2 aliphatic rings. The number of carbonyl (C=O) groups is 1. The lowest BCUT2D eigenvalue weighted by Crippen LogP contribution is -2.39. The molecule has 0 radical (unpaired) electrons. The zero-order chi connectivity index (χ0) is 14.8. The number of carbonyl (C=O) groups excluding carboxylic acids is 1. The quantitative estimate of drug-likeness (QED) is 0.839. The minimum absolute atomic E-state index is 0.350. The molecule has 0 atom stereocenters. The molecule has 1 saturated heterocycles. The Bertz CT molecular complexity index is 489. The third-order valence-electron chi connectivity index (χ3n) is 4.59. The molecule has 2 fully saturated rings. The third-order valence-corrected chi connectivity index (χ3v) is 5.42. The van der Waals surface area contributed by atoms with Crippen molar-refractivity contribution < 1.29 is 4.79 Å². The molecule has 1 aliphatic carbocycles. The number of rotatable bonds is 5. The lowest BCUT2D eigenvalue weighted by atomic mass is 9.96. The number of hydrogen-bond donors (Lipinski definition) is 0. The molecular formula is C16H25N3OS. The van der Waals surface area contributed by atoms with Gasteiger partial charge < -0.3 is 4.90 Å². The Kier molecular flexibility index (Phi) is 4.60. The summed E-state index contributed by atoms with van der Waals surface area (Å²) in [6, 6.07) is 0. The van der Waals surface area contributed by atoms with E-state index in [9.17, 15) is 4.79 Å².